The molecular formula is C19H34N4O3S. The smallest absolute Gasteiger partial charge is 0.227 e. The number of nitrogens with zero attached hydrogens (tertiary/aromatic N) is 4. The lowest BCUT2D eigenvalue weighted by molar-refractivity contribution is 0.0967. The molecular weight excluding hydrogens is 364 g/mol. The van der Waals surface area contributed by atoms with Crippen LogP contribution in [0.3, 0.4) is 0 Å². The van der Waals surface area contributed by atoms with Gasteiger partial charge >= 0.3 is 0 Å². The molecule has 0 bridgehead atoms. The molecule has 3 heterocycles. The van der Waals surface area contributed by atoms with Gasteiger partial charge in [0.05, 0.1) is 24.3 Å². The molecule has 8 heteroatoms. The highest BCUT2D eigenvalue weighted by atomic mass is 32.2. The molecule has 1 atom stereocenters. The van der Waals surface area contributed by atoms with Gasteiger partial charge in [0.2, 0.25) is 15.0 Å². The molecule has 0 aromatic carbocycles. The van der Waals surface area contributed by atoms with E-state index < -0.39 is 9.84 Å². The van der Waals surface area contributed by atoms with Gasteiger partial charge in [-0.3, -0.25) is 9.80 Å². The Morgan fingerprint density at radius 3 is 2.74 bits per heavy atom. The van der Waals surface area contributed by atoms with E-state index in [1.165, 1.54) is 19.4 Å². The average molecular weight is 399 g/mol. The number of fused-ring (bicyclic) bond motifs is 1. The SMILES string of the molecule is COCCn1c(CN2CCN3CCC[C@H]3C2)cnc1S(=O)(=O)CC(C)(C)C. The molecule has 0 spiro atoms. The summed E-state index contributed by atoms with van der Waals surface area (Å²) in [6.07, 6.45) is 4.30. The van der Waals surface area contributed by atoms with Crippen LogP contribution in [0.5, 0.6) is 0 Å². The maximum atomic E-state index is 12.9. The van der Waals surface area contributed by atoms with E-state index in [4.69, 9.17) is 4.74 Å². The van der Waals surface area contributed by atoms with Crippen LogP contribution >= 0.6 is 0 Å². The summed E-state index contributed by atoms with van der Waals surface area (Å²) in [6.45, 7) is 11.9. The number of hydrogen-bond acceptors (Lipinski definition) is 6. The number of imidazole rings is 1. The number of rotatable bonds is 7. The Morgan fingerprint density at radius 1 is 1.26 bits per heavy atom. The van der Waals surface area contributed by atoms with Crippen LogP contribution in [-0.2, 0) is 27.7 Å². The first-order valence-corrected chi connectivity index (χ1v) is 11.6. The fraction of sp³-hybridized carbons (Fsp3) is 0.842. The van der Waals surface area contributed by atoms with E-state index >= 15 is 0 Å². The van der Waals surface area contributed by atoms with Crippen molar-refractivity contribution in [1.29, 1.82) is 0 Å². The van der Waals surface area contributed by atoms with E-state index in [1.807, 2.05) is 25.3 Å². The summed E-state index contributed by atoms with van der Waals surface area (Å²) in [6, 6.07) is 0.651. The van der Waals surface area contributed by atoms with Crippen LogP contribution in [0.25, 0.3) is 0 Å². The third-order valence-corrected chi connectivity index (χ3v) is 7.51. The summed E-state index contributed by atoms with van der Waals surface area (Å²) >= 11 is 0. The van der Waals surface area contributed by atoms with Gasteiger partial charge in [0.15, 0.2) is 0 Å². The highest BCUT2D eigenvalue weighted by Crippen LogP contribution is 2.25. The van der Waals surface area contributed by atoms with Crippen molar-refractivity contribution in [2.75, 3.05) is 45.6 Å². The number of aromatic nitrogens is 2. The topological polar surface area (TPSA) is 67.7 Å². The van der Waals surface area contributed by atoms with Crippen LogP contribution in [0.2, 0.25) is 0 Å². The summed E-state index contributed by atoms with van der Waals surface area (Å²) in [5.41, 5.74) is 0.654. The third-order valence-electron chi connectivity index (χ3n) is 5.38. The third kappa shape index (κ3) is 5.10. The largest absolute Gasteiger partial charge is 0.383 e. The molecule has 2 aliphatic heterocycles. The first kappa shape index (κ1) is 20.8. The Hall–Kier alpha value is -0.960. The minimum Gasteiger partial charge on any atom is -0.383 e. The zero-order chi connectivity index (χ0) is 19.7. The van der Waals surface area contributed by atoms with Crippen molar-refractivity contribution in [2.45, 2.75) is 57.9 Å². The van der Waals surface area contributed by atoms with Crippen molar-refractivity contribution < 1.29 is 13.2 Å². The molecule has 0 saturated carbocycles. The highest BCUT2D eigenvalue weighted by Gasteiger charge is 2.32. The fourth-order valence-corrected chi connectivity index (χ4v) is 6.28. The second kappa shape index (κ2) is 8.19. The molecule has 0 unspecified atom stereocenters. The van der Waals surface area contributed by atoms with E-state index in [2.05, 4.69) is 14.8 Å². The van der Waals surface area contributed by atoms with Gasteiger partial charge in [0.1, 0.15) is 0 Å². The van der Waals surface area contributed by atoms with E-state index in [9.17, 15) is 8.42 Å². The van der Waals surface area contributed by atoms with Gasteiger partial charge in [-0.2, -0.15) is 0 Å². The van der Waals surface area contributed by atoms with E-state index in [0.717, 1.165) is 31.9 Å². The second-order valence-electron chi connectivity index (χ2n) is 9.06. The molecule has 1 aromatic rings. The van der Waals surface area contributed by atoms with Gasteiger partial charge in [0.25, 0.3) is 0 Å². The number of methoxy groups -OCH3 is 1. The minimum atomic E-state index is -3.44. The summed E-state index contributed by atoms with van der Waals surface area (Å²) in [7, 11) is -1.81. The lowest BCUT2D eigenvalue weighted by Crippen LogP contribution is -2.49. The van der Waals surface area contributed by atoms with Gasteiger partial charge in [-0.1, -0.05) is 20.8 Å². The Bertz CT molecular complexity index is 739. The molecule has 1 aromatic heterocycles. The molecule has 0 N–H and O–H groups in total. The summed E-state index contributed by atoms with van der Waals surface area (Å²) in [4.78, 5) is 9.36. The lowest BCUT2D eigenvalue weighted by Gasteiger charge is -2.37. The molecule has 27 heavy (non-hydrogen) atoms. The predicted octanol–water partition coefficient (Wildman–Crippen LogP) is 1.63. The van der Waals surface area contributed by atoms with Gasteiger partial charge in [0, 0.05) is 45.9 Å². The van der Waals surface area contributed by atoms with Crippen LogP contribution in [0, 0.1) is 5.41 Å². The molecule has 7 nitrogen and oxygen atoms in total. The van der Waals surface area contributed by atoms with E-state index in [0.29, 0.717) is 19.2 Å². The zero-order valence-corrected chi connectivity index (χ0v) is 18.0. The van der Waals surface area contributed by atoms with Crippen LogP contribution < -0.4 is 0 Å². The molecule has 0 radical (unpaired) electrons. The number of sulfone groups is 1. The lowest BCUT2D eigenvalue weighted by atomic mass is 10.0. The Kier molecular flexibility index (Phi) is 6.30. The quantitative estimate of drug-likeness (QED) is 0.695. The van der Waals surface area contributed by atoms with Crippen LogP contribution in [-0.4, -0.2) is 79.5 Å². The monoisotopic (exact) mass is 398 g/mol. The summed E-state index contributed by atoms with van der Waals surface area (Å²) in [5.74, 6) is 0.0875. The average Bonchev–Trinajstić information content (AvgIpc) is 3.17. The first-order chi connectivity index (χ1) is 12.7. The van der Waals surface area contributed by atoms with Gasteiger partial charge in [-0.05, 0) is 24.8 Å². The van der Waals surface area contributed by atoms with Crippen LogP contribution in [0.1, 0.15) is 39.3 Å². The van der Waals surface area contributed by atoms with Gasteiger partial charge in [-0.15, -0.1) is 0 Å². The minimum absolute atomic E-state index is 0.0875. The van der Waals surface area contributed by atoms with Crippen molar-refractivity contribution in [3.63, 3.8) is 0 Å². The number of ether oxygens (including phenoxy) is 1. The van der Waals surface area contributed by atoms with Crippen molar-refractivity contribution in [2.24, 2.45) is 5.41 Å². The van der Waals surface area contributed by atoms with Crippen LogP contribution in [0.15, 0.2) is 11.4 Å². The molecule has 3 rings (SSSR count). The molecule has 0 amide bonds. The maximum Gasteiger partial charge on any atom is 0.227 e. The van der Waals surface area contributed by atoms with Gasteiger partial charge < -0.3 is 9.30 Å². The molecule has 2 saturated heterocycles. The molecule has 154 valence electrons. The van der Waals surface area contributed by atoms with E-state index in [-0.39, 0.29) is 16.3 Å². The highest BCUT2D eigenvalue weighted by molar-refractivity contribution is 7.91. The molecule has 2 aliphatic rings. The molecule has 0 aliphatic carbocycles. The predicted molar refractivity (Wildman–Crippen MR) is 105 cm³/mol. The van der Waals surface area contributed by atoms with Crippen molar-refractivity contribution in [3.8, 4) is 0 Å². The zero-order valence-electron chi connectivity index (χ0n) is 17.1. The summed E-state index contributed by atoms with van der Waals surface area (Å²) in [5, 5.41) is 0.184. The van der Waals surface area contributed by atoms with Crippen molar-refractivity contribution >= 4 is 9.84 Å². The van der Waals surface area contributed by atoms with Crippen molar-refractivity contribution in [1.82, 2.24) is 19.4 Å². The van der Waals surface area contributed by atoms with E-state index in [1.54, 1.807) is 13.3 Å². The maximum absolute atomic E-state index is 12.9. The van der Waals surface area contributed by atoms with Crippen LogP contribution in [0.4, 0.5) is 0 Å². The second-order valence-corrected chi connectivity index (χ2v) is 10.9. The van der Waals surface area contributed by atoms with Gasteiger partial charge in [-0.25, -0.2) is 13.4 Å². The molecule has 2 fully saturated rings. The first-order valence-electron chi connectivity index (χ1n) is 9.92. The Balaban J connectivity index is 1.79. The number of hydrogen-bond donors (Lipinski definition) is 0. The standard InChI is InChI=1S/C19H34N4O3S/c1-19(2,3)15-27(24,25)18-20-12-17(23(18)10-11-26-4)14-21-8-9-22-7-5-6-16(22)13-21/h12,16H,5-11,13-15H2,1-4H3/t16-/m0/s1. The summed E-state index contributed by atoms with van der Waals surface area (Å²) < 4.78 is 33.0. The Labute approximate surface area is 163 Å². The fourth-order valence-electron chi connectivity index (χ4n) is 4.25. The Morgan fingerprint density at radius 2 is 2.04 bits per heavy atom. The normalized spacial score (nSPS) is 22.3. The number of piperazine rings is 1. The van der Waals surface area contributed by atoms with Crippen molar-refractivity contribution in [3.05, 3.63) is 11.9 Å².